The molecule has 0 heterocycles. The van der Waals surface area contributed by atoms with Gasteiger partial charge in [-0.3, -0.25) is 4.79 Å². The van der Waals surface area contributed by atoms with Gasteiger partial charge >= 0.3 is 0 Å². The van der Waals surface area contributed by atoms with Gasteiger partial charge in [0, 0.05) is 18.6 Å². The van der Waals surface area contributed by atoms with Crippen LogP contribution in [0.15, 0.2) is 18.2 Å². The van der Waals surface area contributed by atoms with Crippen molar-refractivity contribution in [2.75, 3.05) is 6.61 Å². The van der Waals surface area contributed by atoms with E-state index in [0.29, 0.717) is 12.8 Å². The van der Waals surface area contributed by atoms with Gasteiger partial charge in [-0.15, -0.1) is 0 Å². The SMILES string of the molecule is O=C(CCCO)c1ccc2c(c1)CCC2. The maximum Gasteiger partial charge on any atom is 0.162 e. The maximum atomic E-state index is 11.7. The third-order valence-corrected chi connectivity index (χ3v) is 2.98. The molecular weight excluding hydrogens is 188 g/mol. The summed E-state index contributed by atoms with van der Waals surface area (Å²) in [6.45, 7) is 0.0939. The predicted octanol–water partition coefficient (Wildman–Crippen LogP) is 2.13. The van der Waals surface area contributed by atoms with Crippen molar-refractivity contribution >= 4 is 5.78 Å². The maximum absolute atomic E-state index is 11.7. The molecule has 80 valence electrons. The molecule has 0 unspecified atom stereocenters. The largest absolute Gasteiger partial charge is 0.396 e. The Morgan fingerprint density at radius 3 is 2.87 bits per heavy atom. The summed E-state index contributed by atoms with van der Waals surface area (Å²) in [6.07, 6.45) is 4.49. The number of hydrogen-bond donors (Lipinski definition) is 1. The van der Waals surface area contributed by atoms with E-state index in [1.54, 1.807) is 0 Å². The third kappa shape index (κ3) is 2.26. The molecule has 0 spiro atoms. The number of benzene rings is 1. The first-order valence-electron chi connectivity index (χ1n) is 5.57. The summed E-state index contributed by atoms with van der Waals surface area (Å²) >= 11 is 0. The van der Waals surface area contributed by atoms with Crippen LogP contribution in [0.3, 0.4) is 0 Å². The summed E-state index contributed by atoms with van der Waals surface area (Å²) in [5.41, 5.74) is 3.54. The molecule has 2 rings (SSSR count). The van der Waals surface area contributed by atoms with Crippen molar-refractivity contribution in [1.82, 2.24) is 0 Å². The van der Waals surface area contributed by atoms with Gasteiger partial charge in [-0.2, -0.15) is 0 Å². The van der Waals surface area contributed by atoms with Gasteiger partial charge in [0.05, 0.1) is 0 Å². The minimum absolute atomic E-state index is 0.0939. The number of aliphatic hydroxyl groups excluding tert-OH is 1. The van der Waals surface area contributed by atoms with Gasteiger partial charge in [-0.25, -0.2) is 0 Å². The molecule has 0 saturated heterocycles. The van der Waals surface area contributed by atoms with E-state index < -0.39 is 0 Å². The summed E-state index contributed by atoms with van der Waals surface area (Å²) in [5, 5.41) is 8.66. The molecule has 0 amide bonds. The quantitative estimate of drug-likeness (QED) is 0.763. The Labute approximate surface area is 89.9 Å². The van der Waals surface area contributed by atoms with Crippen LogP contribution in [0.25, 0.3) is 0 Å². The highest BCUT2D eigenvalue weighted by molar-refractivity contribution is 5.96. The number of carbonyl (C=O) groups is 1. The highest BCUT2D eigenvalue weighted by Crippen LogP contribution is 2.23. The van der Waals surface area contributed by atoms with Crippen LogP contribution in [0.1, 0.15) is 40.7 Å². The smallest absolute Gasteiger partial charge is 0.162 e. The van der Waals surface area contributed by atoms with Crippen LogP contribution in [-0.4, -0.2) is 17.5 Å². The molecule has 0 aromatic heterocycles. The zero-order valence-electron chi connectivity index (χ0n) is 8.83. The van der Waals surface area contributed by atoms with Crippen LogP contribution in [-0.2, 0) is 12.8 Å². The molecule has 0 fully saturated rings. The lowest BCUT2D eigenvalue weighted by molar-refractivity contribution is 0.0971. The summed E-state index contributed by atoms with van der Waals surface area (Å²) in [5.74, 6) is 0.152. The topological polar surface area (TPSA) is 37.3 Å². The van der Waals surface area contributed by atoms with Crippen LogP contribution in [0.5, 0.6) is 0 Å². The van der Waals surface area contributed by atoms with Crippen molar-refractivity contribution in [2.45, 2.75) is 32.1 Å². The van der Waals surface area contributed by atoms with Gasteiger partial charge in [-0.05, 0) is 42.9 Å². The summed E-state index contributed by atoms with van der Waals surface area (Å²) in [4.78, 5) is 11.7. The molecule has 0 saturated carbocycles. The number of ketones is 1. The number of Topliss-reactive ketones (excluding diaryl/α,β-unsaturated/α-hetero) is 1. The van der Waals surface area contributed by atoms with Gasteiger partial charge in [0.1, 0.15) is 0 Å². The lowest BCUT2D eigenvalue weighted by Crippen LogP contribution is -2.01. The van der Waals surface area contributed by atoms with E-state index >= 15 is 0 Å². The molecular formula is C13H16O2. The molecule has 2 heteroatoms. The second kappa shape index (κ2) is 4.58. The summed E-state index contributed by atoms with van der Waals surface area (Å²) < 4.78 is 0. The van der Waals surface area contributed by atoms with Gasteiger partial charge in [0.15, 0.2) is 5.78 Å². The van der Waals surface area contributed by atoms with Crippen LogP contribution in [0, 0.1) is 0 Å². The van der Waals surface area contributed by atoms with Gasteiger partial charge in [-0.1, -0.05) is 12.1 Å². The number of rotatable bonds is 4. The van der Waals surface area contributed by atoms with Gasteiger partial charge in [0.25, 0.3) is 0 Å². The Balaban J connectivity index is 2.12. The molecule has 0 aliphatic heterocycles. The highest BCUT2D eigenvalue weighted by Gasteiger charge is 2.13. The molecule has 0 bridgehead atoms. The monoisotopic (exact) mass is 204 g/mol. The number of aliphatic hydroxyl groups is 1. The number of hydrogen-bond acceptors (Lipinski definition) is 2. The van der Waals surface area contributed by atoms with Crippen LogP contribution < -0.4 is 0 Å². The van der Waals surface area contributed by atoms with E-state index in [1.165, 1.54) is 17.5 Å². The summed E-state index contributed by atoms with van der Waals surface area (Å²) in [6, 6.07) is 6.03. The van der Waals surface area contributed by atoms with Gasteiger partial charge < -0.3 is 5.11 Å². The van der Waals surface area contributed by atoms with Gasteiger partial charge in [0.2, 0.25) is 0 Å². The molecule has 15 heavy (non-hydrogen) atoms. The minimum Gasteiger partial charge on any atom is -0.396 e. The standard InChI is InChI=1S/C13H16O2/c14-8-2-5-13(15)12-7-6-10-3-1-4-11(10)9-12/h6-7,9,14H,1-5,8H2. The second-order valence-electron chi connectivity index (χ2n) is 4.09. The molecule has 0 atom stereocenters. The van der Waals surface area contributed by atoms with Crippen molar-refractivity contribution in [2.24, 2.45) is 0 Å². The molecule has 1 aromatic rings. The average Bonchev–Trinajstić information content (AvgIpc) is 2.72. The van der Waals surface area contributed by atoms with Crippen LogP contribution >= 0.6 is 0 Å². The second-order valence-corrected chi connectivity index (χ2v) is 4.09. The summed E-state index contributed by atoms with van der Waals surface area (Å²) in [7, 11) is 0. The Morgan fingerprint density at radius 2 is 2.07 bits per heavy atom. The Kier molecular flexibility index (Phi) is 3.17. The van der Waals surface area contributed by atoms with Crippen LogP contribution in [0.2, 0.25) is 0 Å². The van der Waals surface area contributed by atoms with E-state index in [-0.39, 0.29) is 12.4 Å². The van der Waals surface area contributed by atoms with Crippen molar-refractivity contribution in [1.29, 1.82) is 0 Å². The van der Waals surface area contributed by atoms with E-state index in [1.807, 2.05) is 12.1 Å². The van der Waals surface area contributed by atoms with Crippen molar-refractivity contribution in [3.63, 3.8) is 0 Å². The fourth-order valence-corrected chi connectivity index (χ4v) is 2.13. The van der Waals surface area contributed by atoms with E-state index in [9.17, 15) is 4.79 Å². The fourth-order valence-electron chi connectivity index (χ4n) is 2.13. The van der Waals surface area contributed by atoms with Crippen LogP contribution in [0.4, 0.5) is 0 Å². The highest BCUT2D eigenvalue weighted by atomic mass is 16.3. The number of carbonyl (C=O) groups excluding carboxylic acids is 1. The molecule has 1 N–H and O–H groups in total. The molecule has 1 aliphatic carbocycles. The molecule has 1 aliphatic rings. The Morgan fingerprint density at radius 1 is 1.27 bits per heavy atom. The first-order chi connectivity index (χ1) is 7.31. The first-order valence-corrected chi connectivity index (χ1v) is 5.57. The Bertz CT molecular complexity index is 369. The van der Waals surface area contributed by atoms with Crippen molar-refractivity contribution in [3.8, 4) is 0 Å². The zero-order chi connectivity index (χ0) is 10.7. The van der Waals surface area contributed by atoms with E-state index in [0.717, 1.165) is 18.4 Å². The van der Waals surface area contributed by atoms with E-state index in [2.05, 4.69) is 6.07 Å². The fraction of sp³-hybridized carbons (Fsp3) is 0.462. The lowest BCUT2D eigenvalue weighted by Gasteiger charge is -2.03. The zero-order valence-corrected chi connectivity index (χ0v) is 8.83. The predicted molar refractivity (Wildman–Crippen MR) is 59.1 cm³/mol. The first kappa shape index (κ1) is 10.4. The van der Waals surface area contributed by atoms with Crippen molar-refractivity contribution < 1.29 is 9.90 Å². The normalized spacial score (nSPS) is 13.9. The number of aryl methyl sites for hydroxylation is 2. The molecule has 1 aromatic carbocycles. The van der Waals surface area contributed by atoms with E-state index in [4.69, 9.17) is 5.11 Å². The third-order valence-electron chi connectivity index (χ3n) is 2.98. The Hall–Kier alpha value is -1.15. The number of fused-ring (bicyclic) bond motifs is 1. The lowest BCUT2D eigenvalue weighted by atomic mass is 10.0. The molecule has 2 nitrogen and oxygen atoms in total. The van der Waals surface area contributed by atoms with Crippen molar-refractivity contribution in [3.05, 3.63) is 34.9 Å². The average molecular weight is 204 g/mol. The molecule has 0 radical (unpaired) electrons. The minimum atomic E-state index is 0.0939.